The Morgan fingerprint density at radius 2 is 2.31 bits per heavy atom. The molecule has 68 valence electrons. The Kier molecular flexibility index (Phi) is 1.77. The molecule has 0 amide bonds. The average molecular weight is 198 g/mol. The molecule has 2 aromatic heterocycles. The molecule has 0 aromatic carbocycles. The van der Waals surface area contributed by atoms with Crippen LogP contribution in [-0.2, 0) is 0 Å². The van der Waals surface area contributed by atoms with E-state index >= 15 is 0 Å². The Hall–Kier alpha value is -1.42. The molecule has 0 saturated heterocycles. The first kappa shape index (κ1) is 8.19. The summed E-state index contributed by atoms with van der Waals surface area (Å²) in [4.78, 5) is 4.06. The Morgan fingerprint density at radius 3 is 3.00 bits per heavy atom. The summed E-state index contributed by atoms with van der Waals surface area (Å²) in [5, 5.41) is 0.490. The van der Waals surface area contributed by atoms with Crippen molar-refractivity contribution < 1.29 is 4.74 Å². The highest BCUT2D eigenvalue weighted by atomic mass is 35.5. The predicted molar refractivity (Wildman–Crippen MR) is 51.2 cm³/mol. The molecule has 2 rings (SSSR count). The van der Waals surface area contributed by atoms with Crippen LogP contribution in [0.5, 0.6) is 5.75 Å². The highest BCUT2D eigenvalue weighted by Gasteiger charge is 2.05. The van der Waals surface area contributed by atoms with Crippen LogP contribution in [0.1, 0.15) is 0 Å². The van der Waals surface area contributed by atoms with E-state index in [0.717, 1.165) is 0 Å². The second kappa shape index (κ2) is 2.81. The first-order valence-corrected chi connectivity index (χ1v) is 4.06. The van der Waals surface area contributed by atoms with Gasteiger partial charge in [0.05, 0.1) is 13.3 Å². The van der Waals surface area contributed by atoms with E-state index in [1.165, 1.54) is 0 Å². The van der Waals surface area contributed by atoms with Crippen LogP contribution in [0.2, 0.25) is 5.15 Å². The van der Waals surface area contributed by atoms with Crippen molar-refractivity contribution in [3.8, 4) is 5.75 Å². The molecular weight excluding hydrogens is 190 g/mol. The van der Waals surface area contributed by atoms with E-state index in [4.69, 9.17) is 22.1 Å². The summed E-state index contributed by atoms with van der Waals surface area (Å²) in [5.74, 6) is 1.19. The van der Waals surface area contributed by atoms with Crippen molar-refractivity contribution in [1.82, 2.24) is 9.38 Å². The lowest BCUT2D eigenvalue weighted by Gasteiger charge is -2.03. The van der Waals surface area contributed by atoms with E-state index in [1.54, 1.807) is 29.8 Å². The zero-order valence-electron chi connectivity index (χ0n) is 6.99. The van der Waals surface area contributed by atoms with Crippen molar-refractivity contribution in [2.24, 2.45) is 0 Å². The first-order valence-electron chi connectivity index (χ1n) is 3.69. The van der Waals surface area contributed by atoms with Crippen molar-refractivity contribution >= 4 is 23.1 Å². The predicted octanol–water partition coefficient (Wildman–Crippen LogP) is 1.58. The molecule has 0 atom stereocenters. The largest absolute Gasteiger partial charge is 0.497 e. The molecule has 2 N–H and O–H groups in total. The molecule has 0 radical (unpaired) electrons. The number of rotatable bonds is 1. The fourth-order valence-corrected chi connectivity index (χ4v) is 1.48. The van der Waals surface area contributed by atoms with Gasteiger partial charge < -0.3 is 10.5 Å². The Labute approximate surface area is 79.9 Å². The number of nitrogen functional groups attached to an aromatic ring is 1. The number of methoxy groups -OCH3 is 1. The van der Waals surface area contributed by atoms with Crippen molar-refractivity contribution in [3.63, 3.8) is 0 Å². The number of hydrogen-bond acceptors (Lipinski definition) is 3. The van der Waals surface area contributed by atoms with Gasteiger partial charge in [-0.25, -0.2) is 4.98 Å². The number of hydrogen-bond donors (Lipinski definition) is 1. The number of anilines is 1. The topological polar surface area (TPSA) is 52.5 Å². The third kappa shape index (κ3) is 1.19. The number of aromatic nitrogens is 2. The number of nitrogens with two attached hydrogens (primary N) is 1. The molecule has 0 spiro atoms. The van der Waals surface area contributed by atoms with Crippen molar-refractivity contribution in [1.29, 1.82) is 0 Å². The minimum atomic E-state index is 0.490. The van der Waals surface area contributed by atoms with Crippen LogP contribution in [-0.4, -0.2) is 16.5 Å². The summed E-state index contributed by atoms with van der Waals surface area (Å²) in [6.45, 7) is 0. The van der Waals surface area contributed by atoms with Crippen LogP contribution >= 0.6 is 11.6 Å². The Balaban J connectivity index is 2.79. The van der Waals surface area contributed by atoms with Crippen molar-refractivity contribution in [2.45, 2.75) is 0 Å². The molecule has 5 heteroatoms. The molecule has 4 nitrogen and oxygen atoms in total. The van der Waals surface area contributed by atoms with Gasteiger partial charge in [0.1, 0.15) is 22.4 Å². The molecule has 0 fully saturated rings. The van der Waals surface area contributed by atoms with Crippen molar-refractivity contribution in [3.05, 3.63) is 23.5 Å². The number of ether oxygens (including phenoxy) is 1. The standard InChI is InChI=1S/C8H8ClN3O/c1-13-5-2-6(9)12-7(10)4-11-8(12)3-5/h2-4H,10H2,1H3. The molecule has 2 aromatic rings. The molecule has 0 aliphatic heterocycles. The molecule has 2 heterocycles. The third-order valence-electron chi connectivity index (χ3n) is 1.80. The molecule has 0 saturated carbocycles. The van der Waals surface area contributed by atoms with E-state index < -0.39 is 0 Å². The number of imidazole rings is 1. The number of nitrogens with zero attached hydrogens (tertiary/aromatic N) is 2. The third-order valence-corrected chi connectivity index (χ3v) is 2.08. The number of fused-ring (bicyclic) bond motifs is 1. The van der Waals surface area contributed by atoms with Crippen molar-refractivity contribution in [2.75, 3.05) is 12.8 Å². The van der Waals surface area contributed by atoms with Gasteiger partial charge in [-0.2, -0.15) is 0 Å². The zero-order valence-corrected chi connectivity index (χ0v) is 7.75. The fourth-order valence-electron chi connectivity index (χ4n) is 1.18. The van der Waals surface area contributed by atoms with Crippen LogP contribution in [0.3, 0.4) is 0 Å². The van der Waals surface area contributed by atoms with Crippen LogP contribution < -0.4 is 10.5 Å². The Morgan fingerprint density at radius 1 is 1.54 bits per heavy atom. The van der Waals surface area contributed by atoms with E-state index in [-0.39, 0.29) is 0 Å². The lowest BCUT2D eigenvalue weighted by molar-refractivity contribution is 0.414. The van der Waals surface area contributed by atoms with E-state index in [0.29, 0.717) is 22.4 Å². The summed E-state index contributed by atoms with van der Waals surface area (Å²) in [5.41, 5.74) is 6.33. The Bertz CT molecular complexity index is 452. The van der Waals surface area contributed by atoms with Gasteiger partial charge in [0, 0.05) is 12.1 Å². The highest BCUT2D eigenvalue weighted by molar-refractivity contribution is 6.30. The maximum atomic E-state index is 5.95. The SMILES string of the molecule is COc1cc(Cl)n2c(N)cnc2c1. The molecule has 13 heavy (non-hydrogen) atoms. The summed E-state index contributed by atoms with van der Waals surface area (Å²) < 4.78 is 6.68. The minimum absolute atomic E-state index is 0.490. The van der Waals surface area contributed by atoms with Gasteiger partial charge in [0.15, 0.2) is 0 Å². The lowest BCUT2D eigenvalue weighted by atomic mass is 10.4. The van der Waals surface area contributed by atoms with E-state index in [9.17, 15) is 0 Å². The van der Waals surface area contributed by atoms with Gasteiger partial charge in [-0.1, -0.05) is 11.6 Å². The van der Waals surface area contributed by atoms with E-state index in [1.807, 2.05) is 0 Å². The summed E-state index contributed by atoms with van der Waals surface area (Å²) in [6.07, 6.45) is 1.56. The van der Waals surface area contributed by atoms with Gasteiger partial charge in [0.2, 0.25) is 0 Å². The maximum Gasteiger partial charge on any atom is 0.143 e. The summed E-state index contributed by atoms with van der Waals surface area (Å²) >= 11 is 5.95. The monoisotopic (exact) mass is 197 g/mol. The van der Waals surface area contributed by atoms with Gasteiger partial charge in [-0.3, -0.25) is 4.40 Å². The quantitative estimate of drug-likeness (QED) is 0.707. The van der Waals surface area contributed by atoms with Crippen LogP contribution in [0.25, 0.3) is 5.65 Å². The smallest absolute Gasteiger partial charge is 0.143 e. The van der Waals surface area contributed by atoms with Crippen LogP contribution in [0.4, 0.5) is 5.82 Å². The summed E-state index contributed by atoms with van der Waals surface area (Å²) in [7, 11) is 1.58. The van der Waals surface area contributed by atoms with Gasteiger partial charge >= 0.3 is 0 Å². The lowest BCUT2D eigenvalue weighted by Crippen LogP contribution is -1.94. The average Bonchev–Trinajstić information content (AvgIpc) is 2.48. The molecule has 0 aliphatic rings. The first-order chi connectivity index (χ1) is 6.22. The molecule has 0 bridgehead atoms. The molecular formula is C8H8ClN3O. The van der Waals surface area contributed by atoms with Gasteiger partial charge in [-0.05, 0) is 0 Å². The number of halogens is 1. The number of pyridine rings is 1. The second-order valence-electron chi connectivity index (χ2n) is 2.59. The van der Waals surface area contributed by atoms with Gasteiger partial charge in [0.25, 0.3) is 0 Å². The minimum Gasteiger partial charge on any atom is -0.497 e. The van der Waals surface area contributed by atoms with Crippen LogP contribution in [0, 0.1) is 0 Å². The zero-order chi connectivity index (χ0) is 9.42. The maximum absolute atomic E-state index is 5.95. The second-order valence-corrected chi connectivity index (χ2v) is 2.98. The summed E-state index contributed by atoms with van der Waals surface area (Å²) in [6, 6.07) is 3.45. The van der Waals surface area contributed by atoms with Gasteiger partial charge in [-0.15, -0.1) is 0 Å². The molecule has 0 unspecified atom stereocenters. The van der Waals surface area contributed by atoms with Crippen LogP contribution in [0.15, 0.2) is 18.3 Å². The normalized spacial score (nSPS) is 10.6. The van der Waals surface area contributed by atoms with E-state index in [2.05, 4.69) is 4.98 Å². The fraction of sp³-hybridized carbons (Fsp3) is 0.125. The molecule has 0 aliphatic carbocycles. The highest BCUT2D eigenvalue weighted by Crippen LogP contribution is 2.23.